The van der Waals surface area contributed by atoms with Crippen LogP contribution in [0.3, 0.4) is 0 Å². The molecular weight excluding hydrogens is 238 g/mol. The number of aryl methyl sites for hydroxylation is 1. The van der Waals surface area contributed by atoms with Gasteiger partial charge in [-0.1, -0.05) is 29.8 Å². The summed E-state index contributed by atoms with van der Waals surface area (Å²) >= 11 is 7.71. The predicted octanol–water partition coefficient (Wildman–Crippen LogP) is 4.05. The van der Waals surface area contributed by atoms with Crippen molar-refractivity contribution in [3.63, 3.8) is 0 Å². The molecule has 1 aliphatic rings. The maximum atomic E-state index is 5.87. The van der Waals surface area contributed by atoms with Crippen LogP contribution >= 0.6 is 23.4 Å². The van der Waals surface area contributed by atoms with Crippen LogP contribution in [0.25, 0.3) is 11.3 Å². The first-order valence-corrected chi connectivity index (χ1v) is 6.58. The summed E-state index contributed by atoms with van der Waals surface area (Å²) in [4.78, 5) is 4.67. The second kappa shape index (κ2) is 4.11. The van der Waals surface area contributed by atoms with E-state index in [2.05, 4.69) is 17.1 Å². The van der Waals surface area contributed by atoms with Crippen LogP contribution in [0.2, 0.25) is 5.02 Å². The molecule has 0 saturated heterocycles. The Morgan fingerprint density at radius 1 is 1.06 bits per heavy atom. The first-order valence-electron chi connectivity index (χ1n) is 5.21. The molecule has 1 aliphatic heterocycles. The first-order chi connectivity index (χ1) is 7.83. The van der Waals surface area contributed by atoms with Crippen molar-refractivity contribution in [2.24, 2.45) is 0 Å². The van der Waals surface area contributed by atoms with Crippen LogP contribution in [0.4, 0.5) is 0 Å². The van der Waals surface area contributed by atoms with Crippen LogP contribution in [-0.4, -0.2) is 10.7 Å². The second-order valence-electron chi connectivity index (χ2n) is 3.77. The van der Waals surface area contributed by atoms with Crippen molar-refractivity contribution >= 4 is 23.4 Å². The Balaban J connectivity index is 2.03. The molecule has 0 unspecified atom stereocenters. The summed E-state index contributed by atoms with van der Waals surface area (Å²) in [5, 5.41) is 1.95. The van der Waals surface area contributed by atoms with Crippen LogP contribution in [0.1, 0.15) is 5.56 Å². The van der Waals surface area contributed by atoms with E-state index in [9.17, 15) is 0 Å². The Morgan fingerprint density at radius 2 is 1.88 bits per heavy atom. The molecule has 0 N–H and O–H groups in total. The second-order valence-corrected chi connectivity index (χ2v) is 5.29. The van der Waals surface area contributed by atoms with Crippen molar-refractivity contribution in [1.29, 1.82) is 0 Å². The van der Waals surface area contributed by atoms with Crippen molar-refractivity contribution in [3.8, 4) is 11.3 Å². The number of hydrogen-bond acceptors (Lipinski definition) is 2. The van der Waals surface area contributed by atoms with Crippen molar-refractivity contribution in [3.05, 3.63) is 47.0 Å². The average molecular weight is 248 g/mol. The van der Waals surface area contributed by atoms with Crippen molar-refractivity contribution < 1.29 is 0 Å². The Bertz CT molecular complexity index is 522. The van der Waals surface area contributed by atoms with Gasteiger partial charge in [0.15, 0.2) is 0 Å². The highest BCUT2D eigenvalue weighted by atomic mass is 35.5. The van der Waals surface area contributed by atoms with Gasteiger partial charge in [0.1, 0.15) is 0 Å². The molecule has 0 saturated carbocycles. The molecule has 0 aliphatic carbocycles. The zero-order valence-corrected chi connectivity index (χ0v) is 10.2. The number of nitrogens with zero attached hydrogens (tertiary/aromatic N) is 1. The van der Waals surface area contributed by atoms with E-state index in [-0.39, 0.29) is 0 Å². The maximum absolute atomic E-state index is 5.87. The van der Waals surface area contributed by atoms with Gasteiger partial charge in [-0.2, -0.15) is 0 Å². The summed E-state index contributed by atoms with van der Waals surface area (Å²) in [5.41, 5.74) is 3.53. The van der Waals surface area contributed by atoms with E-state index in [1.165, 1.54) is 10.6 Å². The normalized spacial score (nSPS) is 13.8. The number of hydrogen-bond donors (Lipinski definition) is 0. The van der Waals surface area contributed by atoms with E-state index < -0.39 is 0 Å². The standard InChI is InChI=1S/C13H10ClNS/c14-11-4-1-9(2-5-11)12-6-3-10-7-8-16-13(10)15-12/h1-6H,7-8H2. The molecule has 1 aromatic heterocycles. The third kappa shape index (κ3) is 1.83. The minimum Gasteiger partial charge on any atom is -0.241 e. The Labute approximate surface area is 104 Å². The molecule has 1 aromatic carbocycles. The SMILES string of the molecule is Clc1ccc(-c2ccc3c(n2)SCC3)cc1. The number of halogens is 1. The molecule has 3 rings (SSSR count). The Kier molecular flexibility index (Phi) is 2.62. The highest BCUT2D eigenvalue weighted by molar-refractivity contribution is 7.99. The minimum atomic E-state index is 0.763. The van der Waals surface area contributed by atoms with E-state index >= 15 is 0 Å². The molecule has 16 heavy (non-hydrogen) atoms. The number of thioether (sulfide) groups is 1. The highest BCUT2D eigenvalue weighted by Gasteiger charge is 2.13. The van der Waals surface area contributed by atoms with Gasteiger partial charge in [0, 0.05) is 16.3 Å². The van der Waals surface area contributed by atoms with Crippen LogP contribution in [0.5, 0.6) is 0 Å². The van der Waals surface area contributed by atoms with E-state index in [0.29, 0.717) is 0 Å². The lowest BCUT2D eigenvalue weighted by Crippen LogP contribution is -1.87. The summed E-state index contributed by atoms with van der Waals surface area (Å²) in [6.45, 7) is 0. The van der Waals surface area contributed by atoms with Crippen LogP contribution in [0, 0.1) is 0 Å². The summed E-state index contributed by atoms with van der Waals surface area (Å²) in [5.74, 6) is 1.16. The van der Waals surface area contributed by atoms with Crippen LogP contribution < -0.4 is 0 Å². The van der Waals surface area contributed by atoms with Crippen LogP contribution in [-0.2, 0) is 6.42 Å². The van der Waals surface area contributed by atoms with Crippen LogP contribution in [0.15, 0.2) is 41.4 Å². The molecule has 1 nitrogen and oxygen atoms in total. The Morgan fingerprint density at radius 3 is 2.69 bits per heavy atom. The quantitative estimate of drug-likeness (QED) is 0.754. The van der Waals surface area contributed by atoms with Crippen molar-refractivity contribution in [2.75, 3.05) is 5.75 Å². The topological polar surface area (TPSA) is 12.9 Å². The fourth-order valence-electron chi connectivity index (χ4n) is 1.82. The first kappa shape index (κ1) is 10.2. The molecule has 0 radical (unpaired) electrons. The zero-order chi connectivity index (χ0) is 11.0. The molecule has 0 atom stereocenters. The number of benzene rings is 1. The summed E-state index contributed by atoms with van der Waals surface area (Å²) in [7, 11) is 0. The van der Waals surface area contributed by atoms with Crippen molar-refractivity contribution in [2.45, 2.75) is 11.4 Å². The third-order valence-corrected chi connectivity index (χ3v) is 3.98. The smallest absolute Gasteiger partial charge is 0.0999 e. The summed E-state index contributed by atoms with van der Waals surface area (Å²) in [6.07, 6.45) is 1.15. The molecule has 0 bridgehead atoms. The van der Waals surface area contributed by atoms with E-state index in [1.807, 2.05) is 36.0 Å². The minimum absolute atomic E-state index is 0.763. The largest absolute Gasteiger partial charge is 0.241 e. The molecule has 0 amide bonds. The molecule has 0 spiro atoms. The third-order valence-electron chi connectivity index (χ3n) is 2.69. The fourth-order valence-corrected chi connectivity index (χ4v) is 2.98. The fraction of sp³-hybridized carbons (Fsp3) is 0.154. The molecule has 3 heteroatoms. The van der Waals surface area contributed by atoms with Gasteiger partial charge in [0.25, 0.3) is 0 Å². The van der Waals surface area contributed by atoms with Gasteiger partial charge >= 0.3 is 0 Å². The maximum Gasteiger partial charge on any atom is 0.0999 e. The number of pyridine rings is 1. The van der Waals surface area contributed by atoms with E-state index in [1.54, 1.807) is 0 Å². The average Bonchev–Trinajstić information content (AvgIpc) is 2.77. The zero-order valence-electron chi connectivity index (χ0n) is 8.61. The van der Waals surface area contributed by atoms with Gasteiger partial charge in [-0.3, -0.25) is 0 Å². The highest BCUT2D eigenvalue weighted by Crippen LogP contribution is 2.31. The molecule has 2 aromatic rings. The molecule has 0 fully saturated rings. The predicted molar refractivity (Wildman–Crippen MR) is 69.1 cm³/mol. The molecule has 2 heterocycles. The Hall–Kier alpha value is -0.990. The van der Waals surface area contributed by atoms with E-state index in [0.717, 1.165) is 28.5 Å². The van der Waals surface area contributed by atoms with Gasteiger partial charge in [0.05, 0.1) is 10.7 Å². The number of rotatable bonds is 1. The summed E-state index contributed by atoms with van der Waals surface area (Å²) in [6, 6.07) is 12.1. The number of fused-ring (bicyclic) bond motifs is 1. The lowest BCUT2D eigenvalue weighted by molar-refractivity contribution is 1.05. The van der Waals surface area contributed by atoms with E-state index in [4.69, 9.17) is 11.6 Å². The van der Waals surface area contributed by atoms with Gasteiger partial charge in [0.2, 0.25) is 0 Å². The lowest BCUT2D eigenvalue weighted by Gasteiger charge is -2.03. The van der Waals surface area contributed by atoms with Gasteiger partial charge < -0.3 is 0 Å². The number of aromatic nitrogens is 1. The van der Waals surface area contributed by atoms with Gasteiger partial charge in [-0.25, -0.2) is 4.98 Å². The molecule has 80 valence electrons. The lowest BCUT2D eigenvalue weighted by atomic mass is 10.1. The van der Waals surface area contributed by atoms with Crippen molar-refractivity contribution in [1.82, 2.24) is 4.98 Å². The molecular formula is C13H10ClNS. The van der Waals surface area contributed by atoms with Gasteiger partial charge in [-0.05, 0) is 30.2 Å². The summed E-state index contributed by atoms with van der Waals surface area (Å²) < 4.78 is 0. The van der Waals surface area contributed by atoms with Gasteiger partial charge in [-0.15, -0.1) is 11.8 Å². The monoisotopic (exact) mass is 247 g/mol.